The van der Waals surface area contributed by atoms with Gasteiger partial charge in [-0.3, -0.25) is 0 Å². The second-order valence-electron chi connectivity index (χ2n) is 4.31. The minimum Gasteiger partial charge on any atom is -0.497 e. The SMILES string of the molecule is COc1ccc2oc(C3(N)CCOC3)nc2c1. The molecule has 0 saturated carbocycles. The summed E-state index contributed by atoms with van der Waals surface area (Å²) < 4.78 is 16.1. The molecule has 0 aliphatic carbocycles. The number of rotatable bonds is 2. The van der Waals surface area contributed by atoms with Crippen LogP contribution in [0.5, 0.6) is 5.75 Å². The van der Waals surface area contributed by atoms with Crippen molar-refractivity contribution in [1.29, 1.82) is 0 Å². The number of nitrogens with two attached hydrogens (primary N) is 1. The molecule has 90 valence electrons. The van der Waals surface area contributed by atoms with Crippen molar-refractivity contribution in [2.45, 2.75) is 12.0 Å². The number of hydrogen-bond donors (Lipinski definition) is 1. The summed E-state index contributed by atoms with van der Waals surface area (Å²) in [5.74, 6) is 1.30. The summed E-state index contributed by atoms with van der Waals surface area (Å²) >= 11 is 0. The minimum atomic E-state index is -0.591. The van der Waals surface area contributed by atoms with Crippen LogP contribution >= 0.6 is 0 Å². The van der Waals surface area contributed by atoms with Gasteiger partial charge in [-0.1, -0.05) is 0 Å². The van der Waals surface area contributed by atoms with E-state index >= 15 is 0 Å². The van der Waals surface area contributed by atoms with Gasteiger partial charge in [0.25, 0.3) is 0 Å². The maximum atomic E-state index is 6.20. The molecule has 3 rings (SSSR count). The van der Waals surface area contributed by atoms with E-state index in [9.17, 15) is 0 Å². The van der Waals surface area contributed by atoms with Crippen LogP contribution in [-0.2, 0) is 10.3 Å². The first-order valence-corrected chi connectivity index (χ1v) is 5.53. The van der Waals surface area contributed by atoms with Crippen molar-refractivity contribution in [2.24, 2.45) is 5.73 Å². The van der Waals surface area contributed by atoms with Crippen molar-refractivity contribution >= 4 is 11.1 Å². The van der Waals surface area contributed by atoms with E-state index in [2.05, 4.69) is 4.98 Å². The highest BCUT2D eigenvalue weighted by molar-refractivity contribution is 5.74. The van der Waals surface area contributed by atoms with E-state index in [1.165, 1.54) is 0 Å². The summed E-state index contributed by atoms with van der Waals surface area (Å²) in [5.41, 5.74) is 7.09. The lowest BCUT2D eigenvalue weighted by Crippen LogP contribution is -2.37. The van der Waals surface area contributed by atoms with E-state index in [1.807, 2.05) is 18.2 Å². The van der Waals surface area contributed by atoms with E-state index in [0.717, 1.165) is 23.3 Å². The summed E-state index contributed by atoms with van der Waals surface area (Å²) in [7, 11) is 1.62. The number of aromatic nitrogens is 1. The Kier molecular flexibility index (Phi) is 2.31. The average Bonchev–Trinajstić information content (AvgIpc) is 2.94. The highest BCUT2D eigenvalue weighted by Crippen LogP contribution is 2.30. The van der Waals surface area contributed by atoms with E-state index in [1.54, 1.807) is 7.11 Å². The predicted octanol–water partition coefficient (Wildman–Crippen LogP) is 1.41. The summed E-state index contributed by atoms with van der Waals surface area (Å²) in [6.45, 7) is 1.11. The third kappa shape index (κ3) is 1.67. The van der Waals surface area contributed by atoms with Crippen LogP contribution in [0, 0.1) is 0 Å². The van der Waals surface area contributed by atoms with Crippen LogP contribution in [-0.4, -0.2) is 25.3 Å². The van der Waals surface area contributed by atoms with E-state index in [-0.39, 0.29) is 0 Å². The third-order valence-corrected chi connectivity index (χ3v) is 3.07. The molecular formula is C12H14N2O3. The van der Waals surface area contributed by atoms with Gasteiger partial charge in [-0.2, -0.15) is 0 Å². The van der Waals surface area contributed by atoms with Crippen molar-refractivity contribution in [3.8, 4) is 5.75 Å². The van der Waals surface area contributed by atoms with Gasteiger partial charge in [0, 0.05) is 12.7 Å². The molecule has 5 heteroatoms. The van der Waals surface area contributed by atoms with Crippen LogP contribution in [0.4, 0.5) is 0 Å². The largest absolute Gasteiger partial charge is 0.497 e. The Hall–Kier alpha value is -1.59. The summed E-state index contributed by atoms with van der Waals surface area (Å²) in [4.78, 5) is 4.42. The standard InChI is InChI=1S/C12H14N2O3/c1-15-8-2-3-10-9(6-8)14-11(17-10)12(13)4-5-16-7-12/h2-3,6H,4-5,7,13H2,1H3. The second kappa shape index (κ2) is 3.72. The molecule has 0 amide bonds. The van der Waals surface area contributed by atoms with Crippen LogP contribution in [0.1, 0.15) is 12.3 Å². The number of methoxy groups -OCH3 is 1. The Morgan fingerprint density at radius 1 is 1.47 bits per heavy atom. The monoisotopic (exact) mass is 234 g/mol. The molecule has 1 aliphatic heterocycles. The third-order valence-electron chi connectivity index (χ3n) is 3.07. The fraction of sp³-hybridized carbons (Fsp3) is 0.417. The van der Waals surface area contributed by atoms with Gasteiger partial charge >= 0.3 is 0 Å². The molecule has 0 bridgehead atoms. The van der Waals surface area contributed by atoms with Gasteiger partial charge in [-0.25, -0.2) is 4.98 Å². The number of ether oxygens (including phenoxy) is 2. The lowest BCUT2D eigenvalue weighted by molar-refractivity contribution is 0.170. The number of hydrogen-bond acceptors (Lipinski definition) is 5. The summed E-state index contributed by atoms with van der Waals surface area (Å²) in [6.07, 6.45) is 0.733. The first-order valence-electron chi connectivity index (χ1n) is 5.53. The molecule has 1 aromatic carbocycles. The molecule has 1 fully saturated rings. The Labute approximate surface area is 98.5 Å². The average molecular weight is 234 g/mol. The highest BCUT2D eigenvalue weighted by atomic mass is 16.5. The van der Waals surface area contributed by atoms with Crippen molar-refractivity contribution in [3.05, 3.63) is 24.1 Å². The molecule has 2 heterocycles. The van der Waals surface area contributed by atoms with Crippen LogP contribution in [0.25, 0.3) is 11.1 Å². The molecule has 2 N–H and O–H groups in total. The Bertz CT molecular complexity index is 544. The molecule has 2 aromatic rings. The molecular weight excluding hydrogens is 220 g/mol. The van der Waals surface area contributed by atoms with Gasteiger partial charge in [-0.15, -0.1) is 0 Å². The van der Waals surface area contributed by atoms with Gasteiger partial charge < -0.3 is 19.6 Å². The fourth-order valence-electron chi connectivity index (χ4n) is 2.00. The zero-order valence-electron chi connectivity index (χ0n) is 9.60. The van der Waals surface area contributed by atoms with Crippen molar-refractivity contribution in [2.75, 3.05) is 20.3 Å². The van der Waals surface area contributed by atoms with Crippen molar-refractivity contribution in [3.63, 3.8) is 0 Å². The Morgan fingerprint density at radius 2 is 2.35 bits per heavy atom. The van der Waals surface area contributed by atoms with Gasteiger partial charge in [-0.05, 0) is 18.6 Å². The first kappa shape index (κ1) is 10.6. The van der Waals surface area contributed by atoms with Crippen molar-refractivity contribution in [1.82, 2.24) is 4.98 Å². The molecule has 17 heavy (non-hydrogen) atoms. The second-order valence-corrected chi connectivity index (χ2v) is 4.31. The normalized spacial score (nSPS) is 24.4. The molecule has 1 atom stereocenters. The fourth-order valence-corrected chi connectivity index (χ4v) is 2.00. The van der Waals surface area contributed by atoms with E-state index in [4.69, 9.17) is 19.6 Å². The highest BCUT2D eigenvalue weighted by Gasteiger charge is 2.37. The van der Waals surface area contributed by atoms with Crippen LogP contribution in [0.2, 0.25) is 0 Å². The summed E-state index contributed by atoms with van der Waals surface area (Å²) in [5, 5.41) is 0. The summed E-state index contributed by atoms with van der Waals surface area (Å²) in [6, 6.07) is 5.51. The smallest absolute Gasteiger partial charge is 0.218 e. The minimum absolute atomic E-state index is 0.455. The molecule has 1 aliphatic rings. The number of nitrogens with zero attached hydrogens (tertiary/aromatic N) is 1. The van der Waals surface area contributed by atoms with Gasteiger partial charge in [0.1, 0.15) is 16.8 Å². The van der Waals surface area contributed by atoms with Crippen LogP contribution < -0.4 is 10.5 Å². The molecule has 1 unspecified atom stereocenters. The van der Waals surface area contributed by atoms with Gasteiger partial charge in [0.05, 0.1) is 13.7 Å². The number of benzene rings is 1. The molecule has 5 nitrogen and oxygen atoms in total. The topological polar surface area (TPSA) is 70.5 Å². The first-order chi connectivity index (χ1) is 8.21. The lowest BCUT2D eigenvalue weighted by Gasteiger charge is -2.16. The van der Waals surface area contributed by atoms with Crippen LogP contribution in [0.15, 0.2) is 22.6 Å². The van der Waals surface area contributed by atoms with E-state index < -0.39 is 5.54 Å². The number of oxazole rings is 1. The Balaban J connectivity index is 2.07. The van der Waals surface area contributed by atoms with Crippen LogP contribution in [0.3, 0.4) is 0 Å². The zero-order valence-corrected chi connectivity index (χ0v) is 9.60. The van der Waals surface area contributed by atoms with E-state index in [0.29, 0.717) is 19.1 Å². The molecule has 0 radical (unpaired) electrons. The maximum Gasteiger partial charge on any atom is 0.218 e. The zero-order chi connectivity index (χ0) is 11.9. The van der Waals surface area contributed by atoms with Crippen molar-refractivity contribution < 1.29 is 13.9 Å². The Morgan fingerprint density at radius 3 is 3.06 bits per heavy atom. The van der Waals surface area contributed by atoms with Gasteiger partial charge in [0.2, 0.25) is 5.89 Å². The molecule has 1 saturated heterocycles. The molecule has 1 aromatic heterocycles. The molecule has 0 spiro atoms. The lowest BCUT2D eigenvalue weighted by atomic mass is 10.0. The number of fused-ring (bicyclic) bond motifs is 1. The van der Waals surface area contributed by atoms with Gasteiger partial charge in [0.15, 0.2) is 5.58 Å². The quantitative estimate of drug-likeness (QED) is 0.850. The predicted molar refractivity (Wildman–Crippen MR) is 61.9 cm³/mol. The maximum absolute atomic E-state index is 6.20.